The van der Waals surface area contributed by atoms with E-state index >= 15 is 0 Å². The van der Waals surface area contributed by atoms with Crippen molar-refractivity contribution in [2.45, 2.75) is 26.3 Å². The lowest BCUT2D eigenvalue weighted by Crippen LogP contribution is -2.19. The van der Waals surface area contributed by atoms with E-state index < -0.39 is 5.97 Å². The predicted molar refractivity (Wildman–Crippen MR) is 90.1 cm³/mol. The number of carboxylic acid groups (broad SMARTS) is 1. The molecular weight excluding hydrogens is 274 g/mol. The maximum atomic E-state index is 11.2. The number of carbonyl (C=O) groups is 1. The van der Waals surface area contributed by atoms with Crippen molar-refractivity contribution >= 4 is 5.97 Å². The summed E-state index contributed by atoms with van der Waals surface area (Å²) >= 11 is 0. The summed E-state index contributed by atoms with van der Waals surface area (Å²) in [5.74, 6) is -0.878. The van der Waals surface area contributed by atoms with Gasteiger partial charge in [0.05, 0.1) is 5.56 Å². The van der Waals surface area contributed by atoms with Gasteiger partial charge in [-0.3, -0.25) is 0 Å². The van der Waals surface area contributed by atoms with Crippen LogP contribution in [0.3, 0.4) is 0 Å². The van der Waals surface area contributed by atoms with Gasteiger partial charge in [0, 0.05) is 6.54 Å². The number of rotatable bonds is 7. The average Bonchev–Trinajstić information content (AvgIpc) is 2.53. The third-order valence-electron chi connectivity index (χ3n) is 3.77. The fourth-order valence-corrected chi connectivity index (χ4v) is 2.55. The van der Waals surface area contributed by atoms with Crippen molar-refractivity contribution in [2.24, 2.45) is 0 Å². The summed E-state index contributed by atoms with van der Waals surface area (Å²) in [5, 5.41) is 9.23. The van der Waals surface area contributed by atoms with Crippen molar-refractivity contribution in [3.63, 3.8) is 0 Å². The first kappa shape index (κ1) is 16.2. The molecule has 0 atom stereocenters. The molecule has 2 aromatic rings. The molecule has 0 aliphatic rings. The lowest BCUT2D eigenvalue weighted by molar-refractivity contribution is 0.0696. The van der Waals surface area contributed by atoms with Gasteiger partial charge in [0.25, 0.3) is 0 Å². The minimum Gasteiger partial charge on any atom is -0.478 e. The van der Waals surface area contributed by atoms with E-state index in [1.807, 2.05) is 24.3 Å². The van der Waals surface area contributed by atoms with Crippen LogP contribution in [0, 0.1) is 0 Å². The third-order valence-corrected chi connectivity index (χ3v) is 3.77. The first-order valence-electron chi connectivity index (χ1n) is 7.72. The van der Waals surface area contributed by atoms with Crippen LogP contribution in [-0.2, 0) is 6.54 Å². The largest absolute Gasteiger partial charge is 0.478 e. The molecular formula is C19H23NO2. The van der Waals surface area contributed by atoms with Crippen LogP contribution in [0.25, 0.3) is 11.1 Å². The van der Waals surface area contributed by atoms with Crippen molar-refractivity contribution in [2.75, 3.05) is 13.6 Å². The molecule has 0 fully saturated rings. The number of hydrogen-bond acceptors (Lipinski definition) is 2. The third kappa shape index (κ3) is 4.18. The quantitative estimate of drug-likeness (QED) is 0.829. The van der Waals surface area contributed by atoms with Gasteiger partial charge in [-0.05, 0) is 48.8 Å². The fourth-order valence-electron chi connectivity index (χ4n) is 2.55. The molecule has 116 valence electrons. The second kappa shape index (κ2) is 7.76. The molecule has 0 aliphatic heterocycles. The van der Waals surface area contributed by atoms with Gasteiger partial charge >= 0.3 is 5.97 Å². The van der Waals surface area contributed by atoms with E-state index in [-0.39, 0.29) is 0 Å². The molecule has 0 spiro atoms. The molecule has 0 aliphatic carbocycles. The summed E-state index contributed by atoms with van der Waals surface area (Å²) in [6, 6.07) is 15.5. The standard InChI is InChI=1S/C19H23NO2/c1-3-4-12-20(2)14-17-13-16(19(21)22)10-11-18(17)15-8-6-5-7-9-15/h5-11,13H,3-4,12,14H2,1-2H3,(H,21,22). The van der Waals surface area contributed by atoms with Gasteiger partial charge in [-0.15, -0.1) is 0 Å². The van der Waals surface area contributed by atoms with Crippen molar-refractivity contribution in [1.82, 2.24) is 4.90 Å². The van der Waals surface area contributed by atoms with Crippen LogP contribution in [0.5, 0.6) is 0 Å². The molecule has 3 heteroatoms. The van der Waals surface area contributed by atoms with E-state index in [0.717, 1.165) is 42.6 Å². The van der Waals surface area contributed by atoms with Crippen molar-refractivity contribution in [3.8, 4) is 11.1 Å². The lowest BCUT2D eigenvalue weighted by Gasteiger charge is -2.19. The molecule has 2 aromatic carbocycles. The molecule has 0 saturated heterocycles. The Morgan fingerprint density at radius 2 is 1.86 bits per heavy atom. The minimum atomic E-state index is -0.878. The topological polar surface area (TPSA) is 40.5 Å². The molecule has 0 radical (unpaired) electrons. The van der Waals surface area contributed by atoms with Gasteiger partial charge in [0.1, 0.15) is 0 Å². The normalized spacial score (nSPS) is 10.9. The van der Waals surface area contributed by atoms with Crippen LogP contribution in [0.2, 0.25) is 0 Å². The van der Waals surface area contributed by atoms with Crippen molar-refractivity contribution < 1.29 is 9.90 Å². The summed E-state index contributed by atoms with van der Waals surface area (Å²) in [5.41, 5.74) is 3.63. The lowest BCUT2D eigenvalue weighted by atomic mass is 9.97. The molecule has 0 unspecified atom stereocenters. The van der Waals surface area contributed by atoms with Gasteiger partial charge < -0.3 is 10.0 Å². The highest BCUT2D eigenvalue weighted by molar-refractivity contribution is 5.89. The van der Waals surface area contributed by atoms with E-state index in [9.17, 15) is 9.90 Å². The van der Waals surface area contributed by atoms with Gasteiger partial charge in [-0.1, -0.05) is 49.7 Å². The summed E-state index contributed by atoms with van der Waals surface area (Å²) in [6.07, 6.45) is 2.31. The molecule has 0 heterocycles. The SMILES string of the molecule is CCCCN(C)Cc1cc(C(=O)O)ccc1-c1ccccc1. The zero-order chi connectivity index (χ0) is 15.9. The summed E-state index contributed by atoms with van der Waals surface area (Å²) < 4.78 is 0. The second-order valence-corrected chi connectivity index (χ2v) is 5.63. The number of carboxylic acids is 1. The van der Waals surface area contributed by atoms with E-state index in [4.69, 9.17) is 0 Å². The average molecular weight is 297 g/mol. The number of hydrogen-bond donors (Lipinski definition) is 1. The number of unbranched alkanes of at least 4 members (excludes halogenated alkanes) is 1. The molecule has 1 N–H and O–H groups in total. The Labute approximate surface area is 132 Å². The molecule has 2 rings (SSSR count). The Balaban J connectivity index is 2.34. The van der Waals surface area contributed by atoms with Crippen LogP contribution in [0.15, 0.2) is 48.5 Å². The molecule has 3 nitrogen and oxygen atoms in total. The Bertz CT molecular complexity index is 623. The molecule has 0 bridgehead atoms. The van der Waals surface area contributed by atoms with Gasteiger partial charge in [0.2, 0.25) is 0 Å². The number of benzene rings is 2. The molecule has 0 amide bonds. The number of aromatic carboxylic acids is 1. The van der Waals surface area contributed by atoms with E-state index in [2.05, 4.69) is 31.0 Å². The van der Waals surface area contributed by atoms with E-state index in [1.54, 1.807) is 12.1 Å². The van der Waals surface area contributed by atoms with Crippen LogP contribution >= 0.6 is 0 Å². The highest BCUT2D eigenvalue weighted by Gasteiger charge is 2.11. The molecule has 22 heavy (non-hydrogen) atoms. The smallest absolute Gasteiger partial charge is 0.335 e. The fraction of sp³-hybridized carbons (Fsp3) is 0.316. The maximum absolute atomic E-state index is 11.2. The van der Waals surface area contributed by atoms with Crippen LogP contribution in [0.1, 0.15) is 35.7 Å². The minimum absolute atomic E-state index is 0.346. The Morgan fingerprint density at radius 1 is 1.14 bits per heavy atom. The highest BCUT2D eigenvalue weighted by Crippen LogP contribution is 2.26. The Hall–Kier alpha value is -2.13. The van der Waals surface area contributed by atoms with E-state index in [1.165, 1.54) is 0 Å². The first-order chi connectivity index (χ1) is 10.6. The molecule has 0 saturated carbocycles. The van der Waals surface area contributed by atoms with Gasteiger partial charge in [0.15, 0.2) is 0 Å². The zero-order valence-corrected chi connectivity index (χ0v) is 13.2. The van der Waals surface area contributed by atoms with Gasteiger partial charge in [-0.2, -0.15) is 0 Å². The number of nitrogens with zero attached hydrogens (tertiary/aromatic N) is 1. The van der Waals surface area contributed by atoms with Crippen molar-refractivity contribution in [1.29, 1.82) is 0 Å². The second-order valence-electron chi connectivity index (χ2n) is 5.63. The summed E-state index contributed by atoms with van der Waals surface area (Å²) in [4.78, 5) is 13.5. The van der Waals surface area contributed by atoms with Crippen LogP contribution < -0.4 is 0 Å². The maximum Gasteiger partial charge on any atom is 0.335 e. The Kier molecular flexibility index (Phi) is 5.73. The monoisotopic (exact) mass is 297 g/mol. The predicted octanol–water partition coefficient (Wildman–Crippen LogP) is 4.28. The summed E-state index contributed by atoms with van der Waals surface area (Å²) in [7, 11) is 2.08. The van der Waals surface area contributed by atoms with Gasteiger partial charge in [-0.25, -0.2) is 4.79 Å². The van der Waals surface area contributed by atoms with Crippen molar-refractivity contribution in [3.05, 3.63) is 59.7 Å². The Morgan fingerprint density at radius 3 is 2.50 bits per heavy atom. The van der Waals surface area contributed by atoms with Crippen LogP contribution in [-0.4, -0.2) is 29.6 Å². The van der Waals surface area contributed by atoms with Crippen LogP contribution in [0.4, 0.5) is 0 Å². The molecule has 0 aromatic heterocycles. The van der Waals surface area contributed by atoms with E-state index in [0.29, 0.717) is 5.56 Å². The zero-order valence-electron chi connectivity index (χ0n) is 13.2. The summed E-state index contributed by atoms with van der Waals surface area (Å²) in [6.45, 7) is 3.95. The highest BCUT2D eigenvalue weighted by atomic mass is 16.4. The first-order valence-corrected chi connectivity index (χ1v) is 7.72.